The van der Waals surface area contributed by atoms with Gasteiger partial charge < -0.3 is 10.0 Å². The Kier molecular flexibility index (Phi) is 5.66. The third-order valence-corrected chi connectivity index (χ3v) is 3.54. The summed E-state index contributed by atoms with van der Waals surface area (Å²) < 4.78 is 0. The molecule has 1 heterocycles. The molecule has 92 valence electrons. The van der Waals surface area contributed by atoms with Crippen LogP contribution < -0.4 is 0 Å². The summed E-state index contributed by atoms with van der Waals surface area (Å²) in [5, 5.41) is 8.75. The Morgan fingerprint density at radius 3 is 2.88 bits per heavy atom. The topological polar surface area (TPSA) is 57.6 Å². The van der Waals surface area contributed by atoms with Crippen LogP contribution in [0.2, 0.25) is 0 Å². The summed E-state index contributed by atoms with van der Waals surface area (Å²) in [7, 11) is 0. The minimum Gasteiger partial charge on any atom is -0.481 e. The number of hydrogen-bond donors (Lipinski definition) is 1. The van der Waals surface area contributed by atoms with Crippen molar-refractivity contribution in [1.29, 1.82) is 0 Å². The molecule has 5 heteroatoms. The maximum atomic E-state index is 11.8. The third-order valence-electron chi connectivity index (χ3n) is 2.85. The number of thioether (sulfide) groups is 1. The van der Waals surface area contributed by atoms with Crippen molar-refractivity contribution >= 4 is 23.6 Å². The van der Waals surface area contributed by atoms with Crippen LogP contribution in [0.3, 0.4) is 0 Å². The van der Waals surface area contributed by atoms with E-state index in [0.717, 1.165) is 31.6 Å². The van der Waals surface area contributed by atoms with Gasteiger partial charge in [-0.1, -0.05) is 0 Å². The molecule has 1 rings (SSSR count). The number of carboxylic acid groups (broad SMARTS) is 1. The van der Waals surface area contributed by atoms with Gasteiger partial charge in [-0.15, -0.1) is 0 Å². The summed E-state index contributed by atoms with van der Waals surface area (Å²) in [6, 6.07) is -0.0701. The number of amides is 1. The van der Waals surface area contributed by atoms with Crippen molar-refractivity contribution in [1.82, 2.24) is 4.90 Å². The Balaban J connectivity index is 2.38. The molecule has 1 atom stereocenters. The quantitative estimate of drug-likeness (QED) is 0.722. The molecule has 1 N–H and O–H groups in total. The van der Waals surface area contributed by atoms with Gasteiger partial charge in [-0.2, -0.15) is 11.8 Å². The molecule has 0 bridgehead atoms. The van der Waals surface area contributed by atoms with Crippen LogP contribution in [0, 0.1) is 0 Å². The van der Waals surface area contributed by atoms with Gasteiger partial charge in [0.1, 0.15) is 0 Å². The molecular weight excluding hydrogens is 226 g/mol. The molecule has 0 saturated carbocycles. The average molecular weight is 245 g/mol. The standard InChI is InChI=1S/C11H19NO3S/c1-16-7-3-5-10(13)12-6-2-4-9(12)8-11(14)15/h9H,2-8H2,1H3,(H,14,15). The first kappa shape index (κ1) is 13.4. The maximum Gasteiger partial charge on any atom is 0.305 e. The second kappa shape index (κ2) is 6.78. The van der Waals surface area contributed by atoms with Crippen LogP contribution in [0.5, 0.6) is 0 Å². The first-order valence-corrected chi connectivity index (χ1v) is 7.04. The normalized spacial score (nSPS) is 20.1. The molecule has 0 radical (unpaired) electrons. The smallest absolute Gasteiger partial charge is 0.305 e. The Labute approximate surface area is 100 Å². The van der Waals surface area contributed by atoms with Gasteiger partial charge in [0.2, 0.25) is 5.91 Å². The fourth-order valence-corrected chi connectivity index (χ4v) is 2.52. The number of carboxylic acids is 1. The predicted octanol–water partition coefficient (Wildman–Crippen LogP) is 1.60. The summed E-state index contributed by atoms with van der Waals surface area (Å²) >= 11 is 1.73. The van der Waals surface area contributed by atoms with Gasteiger partial charge >= 0.3 is 5.97 Å². The highest BCUT2D eigenvalue weighted by molar-refractivity contribution is 7.98. The van der Waals surface area contributed by atoms with E-state index in [2.05, 4.69) is 0 Å². The van der Waals surface area contributed by atoms with Gasteiger partial charge in [0.25, 0.3) is 0 Å². The van der Waals surface area contributed by atoms with Crippen molar-refractivity contribution in [3.63, 3.8) is 0 Å². The van der Waals surface area contributed by atoms with Gasteiger partial charge in [-0.05, 0) is 31.3 Å². The van der Waals surface area contributed by atoms with E-state index in [9.17, 15) is 9.59 Å². The van der Waals surface area contributed by atoms with Crippen LogP contribution in [-0.4, -0.2) is 46.5 Å². The maximum absolute atomic E-state index is 11.8. The minimum atomic E-state index is -0.811. The van der Waals surface area contributed by atoms with E-state index < -0.39 is 5.97 Å². The lowest BCUT2D eigenvalue weighted by Crippen LogP contribution is -2.36. The predicted molar refractivity (Wildman–Crippen MR) is 64.6 cm³/mol. The Morgan fingerprint density at radius 1 is 1.50 bits per heavy atom. The fraction of sp³-hybridized carbons (Fsp3) is 0.818. The van der Waals surface area contributed by atoms with E-state index >= 15 is 0 Å². The summed E-state index contributed by atoms with van der Waals surface area (Å²) in [5.41, 5.74) is 0. The molecule has 4 nitrogen and oxygen atoms in total. The Bertz CT molecular complexity index is 258. The van der Waals surface area contributed by atoms with Crippen LogP contribution >= 0.6 is 11.8 Å². The van der Waals surface area contributed by atoms with Crippen molar-refractivity contribution in [2.45, 2.75) is 38.1 Å². The largest absolute Gasteiger partial charge is 0.481 e. The molecule has 1 aliphatic rings. The van der Waals surface area contributed by atoms with Gasteiger partial charge in [0, 0.05) is 19.0 Å². The first-order valence-electron chi connectivity index (χ1n) is 5.65. The van der Waals surface area contributed by atoms with E-state index in [1.165, 1.54) is 0 Å². The van der Waals surface area contributed by atoms with Crippen LogP contribution in [0.25, 0.3) is 0 Å². The monoisotopic (exact) mass is 245 g/mol. The zero-order valence-electron chi connectivity index (χ0n) is 9.65. The highest BCUT2D eigenvalue weighted by atomic mass is 32.2. The van der Waals surface area contributed by atoms with Gasteiger partial charge in [-0.3, -0.25) is 9.59 Å². The fourth-order valence-electron chi connectivity index (χ4n) is 2.09. The molecule has 1 aliphatic heterocycles. The molecular formula is C11H19NO3S. The Morgan fingerprint density at radius 2 is 2.25 bits per heavy atom. The number of carbonyl (C=O) groups excluding carboxylic acids is 1. The number of hydrogen-bond acceptors (Lipinski definition) is 3. The molecule has 16 heavy (non-hydrogen) atoms. The second-order valence-corrected chi connectivity index (χ2v) is 5.06. The van der Waals surface area contributed by atoms with Crippen molar-refractivity contribution in [3.05, 3.63) is 0 Å². The first-order chi connectivity index (χ1) is 7.65. The molecule has 0 aliphatic carbocycles. The number of aliphatic carboxylic acids is 1. The molecule has 1 unspecified atom stereocenters. The zero-order valence-corrected chi connectivity index (χ0v) is 10.5. The average Bonchev–Trinajstić information content (AvgIpc) is 2.65. The summed E-state index contributed by atoms with van der Waals surface area (Å²) in [4.78, 5) is 24.2. The number of likely N-dealkylation sites (tertiary alicyclic amines) is 1. The lowest BCUT2D eigenvalue weighted by Gasteiger charge is -2.23. The number of rotatable bonds is 6. The highest BCUT2D eigenvalue weighted by Gasteiger charge is 2.29. The molecule has 0 aromatic carbocycles. The van der Waals surface area contributed by atoms with Gasteiger partial charge in [0.05, 0.1) is 6.42 Å². The number of carbonyl (C=O) groups is 2. The number of nitrogens with zero attached hydrogens (tertiary/aromatic N) is 1. The lowest BCUT2D eigenvalue weighted by molar-refractivity contribution is -0.139. The van der Waals surface area contributed by atoms with E-state index in [1.54, 1.807) is 16.7 Å². The molecule has 1 saturated heterocycles. The van der Waals surface area contributed by atoms with Crippen LogP contribution in [0.1, 0.15) is 32.1 Å². The summed E-state index contributed by atoms with van der Waals surface area (Å²) in [6.07, 6.45) is 5.32. The summed E-state index contributed by atoms with van der Waals surface area (Å²) in [6.45, 7) is 0.732. The molecule has 0 aromatic rings. The highest BCUT2D eigenvalue weighted by Crippen LogP contribution is 2.21. The van der Waals surface area contributed by atoms with Crippen molar-refractivity contribution < 1.29 is 14.7 Å². The van der Waals surface area contributed by atoms with Crippen LogP contribution in [0.15, 0.2) is 0 Å². The van der Waals surface area contributed by atoms with Crippen molar-refractivity contribution in [2.24, 2.45) is 0 Å². The molecule has 0 spiro atoms. The Hall–Kier alpha value is -0.710. The molecule has 1 amide bonds. The molecule has 0 aromatic heterocycles. The van der Waals surface area contributed by atoms with Gasteiger partial charge in [0.15, 0.2) is 0 Å². The lowest BCUT2D eigenvalue weighted by atomic mass is 10.1. The third kappa shape index (κ3) is 4.04. The van der Waals surface area contributed by atoms with E-state index in [1.807, 2.05) is 6.26 Å². The second-order valence-electron chi connectivity index (χ2n) is 4.08. The van der Waals surface area contributed by atoms with E-state index in [0.29, 0.717) is 6.42 Å². The SMILES string of the molecule is CSCCCC(=O)N1CCCC1CC(=O)O. The minimum absolute atomic E-state index is 0.0701. The van der Waals surface area contributed by atoms with Crippen molar-refractivity contribution in [2.75, 3.05) is 18.6 Å². The van der Waals surface area contributed by atoms with E-state index in [4.69, 9.17) is 5.11 Å². The van der Waals surface area contributed by atoms with Crippen LogP contribution in [-0.2, 0) is 9.59 Å². The molecule has 1 fully saturated rings. The van der Waals surface area contributed by atoms with Gasteiger partial charge in [-0.25, -0.2) is 0 Å². The van der Waals surface area contributed by atoms with E-state index in [-0.39, 0.29) is 18.4 Å². The summed E-state index contributed by atoms with van der Waals surface area (Å²) in [5.74, 6) is 0.301. The van der Waals surface area contributed by atoms with Crippen molar-refractivity contribution in [3.8, 4) is 0 Å². The van der Waals surface area contributed by atoms with Crippen LogP contribution in [0.4, 0.5) is 0 Å². The zero-order chi connectivity index (χ0) is 12.0.